The Morgan fingerprint density at radius 1 is 0.391 bits per heavy atom. The summed E-state index contributed by atoms with van der Waals surface area (Å²) in [6, 6.07) is 58.2. The summed E-state index contributed by atoms with van der Waals surface area (Å²) in [5.41, 5.74) is 20.4. The van der Waals surface area contributed by atoms with Crippen LogP contribution in [0.2, 0.25) is 0 Å². The van der Waals surface area contributed by atoms with Gasteiger partial charge < -0.3 is 9.71 Å². The van der Waals surface area contributed by atoms with E-state index in [4.69, 9.17) is 0 Å². The van der Waals surface area contributed by atoms with Crippen LogP contribution in [0.25, 0.3) is 44.5 Å². The quantitative estimate of drug-likeness (QED) is 0.191. The van der Waals surface area contributed by atoms with E-state index in [2.05, 4.69) is 174 Å². The van der Waals surface area contributed by atoms with Crippen LogP contribution < -0.4 is 20.6 Å². The molecule has 0 fully saturated rings. The summed E-state index contributed by atoms with van der Waals surface area (Å²) in [6.07, 6.45) is 0. The molecule has 0 atom stereocenters. The Bertz CT molecular complexity index is 2340. The van der Waals surface area contributed by atoms with Crippen LogP contribution in [-0.4, -0.2) is 6.85 Å². The zero-order valence-corrected chi connectivity index (χ0v) is 25.5. The topological polar surface area (TPSA) is 6.48 Å². The first-order chi connectivity index (χ1) is 22.7. The minimum atomic E-state index is 0.110. The van der Waals surface area contributed by atoms with E-state index >= 15 is 0 Å². The van der Waals surface area contributed by atoms with E-state index in [1.54, 1.807) is 0 Å². The zero-order chi connectivity index (χ0) is 30.4. The lowest BCUT2D eigenvalue weighted by atomic mass is 9.41. The summed E-state index contributed by atoms with van der Waals surface area (Å²) < 4.78 is 0. The molecule has 214 valence electrons. The lowest BCUT2D eigenvalue weighted by molar-refractivity contribution is 1.26. The second-order valence-corrected chi connectivity index (χ2v) is 12.6. The van der Waals surface area contributed by atoms with Crippen molar-refractivity contribution in [1.82, 2.24) is 0 Å². The third-order valence-electron chi connectivity index (χ3n) is 10.0. The average molecular weight is 585 g/mol. The maximum absolute atomic E-state index is 2.60. The van der Waals surface area contributed by atoms with Crippen molar-refractivity contribution in [3.63, 3.8) is 0 Å². The zero-order valence-electron chi connectivity index (χ0n) is 25.5. The van der Waals surface area contributed by atoms with Gasteiger partial charge >= 0.3 is 6.85 Å². The molecule has 0 amide bonds. The van der Waals surface area contributed by atoms with Crippen molar-refractivity contribution >= 4 is 46.2 Å². The van der Waals surface area contributed by atoms with Gasteiger partial charge in [0.25, 0.3) is 0 Å². The largest absolute Gasteiger partial charge is 0.376 e. The Morgan fingerprint density at radius 2 is 0.935 bits per heavy atom. The van der Waals surface area contributed by atoms with Gasteiger partial charge in [-0.05, 0) is 99.8 Å². The van der Waals surface area contributed by atoms with E-state index in [1.165, 1.54) is 89.4 Å². The molecular formula is C43H29BN2. The second-order valence-electron chi connectivity index (χ2n) is 12.6. The van der Waals surface area contributed by atoms with Crippen LogP contribution in [0.3, 0.4) is 0 Å². The molecule has 46 heavy (non-hydrogen) atoms. The maximum atomic E-state index is 2.60. The van der Waals surface area contributed by atoms with Crippen molar-refractivity contribution in [2.45, 2.75) is 6.92 Å². The van der Waals surface area contributed by atoms with Crippen LogP contribution >= 0.6 is 0 Å². The fraction of sp³-hybridized carbons (Fsp3) is 0.0233. The molecule has 3 aliphatic heterocycles. The van der Waals surface area contributed by atoms with Gasteiger partial charge in [-0.3, -0.25) is 0 Å². The fourth-order valence-electron chi connectivity index (χ4n) is 8.06. The normalized spacial score (nSPS) is 13.2. The third-order valence-corrected chi connectivity index (χ3v) is 10.0. The van der Waals surface area contributed by atoms with Gasteiger partial charge in [0.1, 0.15) is 0 Å². The molecule has 0 aliphatic carbocycles. The number of hydrogen-bond donors (Lipinski definition) is 0. The van der Waals surface area contributed by atoms with E-state index in [-0.39, 0.29) is 6.85 Å². The third kappa shape index (κ3) is 3.54. The highest BCUT2D eigenvalue weighted by Gasteiger charge is 2.48. The van der Waals surface area contributed by atoms with Gasteiger partial charge in [-0.2, -0.15) is 0 Å². The molecule has 3 heteroatoms. The Morgan fingerprint density at radius 3 is 1.67 bits per heavy atom. The predicted molar refractivity (Wildman–Crippen MR) is 195 cm³/mol. The Labute approximate surface area is 269 Å². The number of benzene rings is 7. The summed E-state index contributed by atoms with van der Waals surface area (Å²) in [5.74, 6) is 0. The van der Waals surface area contributed by atoms with Crippen LogP contribution in [0.1, 0.15) is 5.56 Å². The molecule has 7 aromatic rings. The molecule has 0 spiro atoms. The second kappa shape index (κ2) is 9.60. The maximum Gasteiger partial charge on any atom is 0.333 e. The highest BCUT2D eigenvalue weighted by Crippen LogP contribution is 2.51. The molecule has 0 N–H and O–H groups in total. The lowest BCUT2D eigenvalue weighted by Crippen LogP contribution is -2.63. The molecular weight excluding hydrogens is 555 g/mol. The molecule has 0 radical (unpaired) electrons. The summed E-state index contributed by atoms with van der Waals surface area (Å²) in [6.45, 7) is 2.31. The molecule has 0 bridgehead atoms. The molecule has 10 rings (SSSR count). The van der Waals surface area contributed by atoms with Crippen LogP contribution in [0.4, 0.5) is 28.4 Å². The predicted octanol–water partition coefficient (Wildman–Crippen LogP) is 10.0. The van der Waals surface area contributed by atoms with Crippen LogP contribution in [-0.2, 0) is 0 Å². The number of anilines is 5. The first-order valence-electron chi connectivity index (χ1n) is 16.1. The Hall–Kier alpha value is -5.80. The summed E-state index contributed by atoms with van der Waals surface area (Å²) >= 11 is 0. The Kier molecular flexibility index (Phi) is 5.33. The SMILES string of the molecule is Cc1ccc2c(c1)-c1cccc3c1B1c4c(cccc4N3c3ccc(-c4cccc(-c5ccccc5)c4)cc3)-c3ccccc3N12. The smallest absolute Gasteiger partial charge is 0.333 e. The first kappa shape index (κ1) is 25.5. The number of fused-ring (bicyclic) bond motifs is 6. The van der Waals surface area contributed by atoms with Gasteiger partial charge in [-0.1, -0.05) is 115 Å². The molecule has 2 nitrogen and oxygen atoms in total. The van der Waals surface area contributed by atoms with Gasteiger partial charge in [0, 0.05) is 39.6 Å². The number of aryl methyl sites for hydroxylation is 1. The van der Waals surface area contributed by atoms with E-state index in [1.807, 2.05) is 0 Å². The van der Waals surface area contributed by atoms with Gasteiger partial charge in [-0.25, -0.2) is 0 Å². The van der Waals surface area contributed by atoms with Gasteiger partial charge in [0.15, 0.2) is 0 Å². The van der Waals surface area contributed by atoms with Gasteiger partial charge in [0.2, 0.25) is 0 Å². The summed E-state index contributed by atoms with van der Waals surface area (Å²) in [5, 5.41) is 0. The van der Waals surface area contributed by atoms with E-state index in [9.17, 15) is 0 Å². The number of hydrogen-bond acceptors (Lipinski definition) is 2. The van der Waals surface area contributed by atoms with Crippen LogP contribution in [0.15, 0.2) is 158 Å². The monoisotopic (exact) mass is 584 g/mol. The molecule has 0 saturated carbocycles. The standard InChI is InChI=1S/C43H29BN2/c1-28-20-25-39-37(26-28)36-16-9-19-41-43(36)44-42-35(34-14-5-6-17-38(34)46(39)44)15-8-18-40(42)45(41)33-23-21-30(22-24-33)32-13-7-12-31(27-32)29-10-3-2-4-11-29/h2-27H,1H3. The van der Waals surface area contributed by atoms with Crippen LogP contribution in [0, 0.1) is 6.92 Å². The number of rotatable bonds is 3. The fourth-order valence-corrected chi connectivity index (χ4v) is 8.06. The highest BCUT2D eigenvalue weighted by atomic mass is 15.2. The molecule has 0 unspecified atom stereocenters. The van der Waals surface area contributed by atoms with E-state index in [0.29, 0.717) is 0 Å². The first-order valence-corrected chi connectivity index (χ1v) is 16.1. The Balaban J connectivity index is 1.18. The molecule has 0 saturated heterocycles. The highest BCUT2D eigenvalue weighted by molar-refractivity contribution is 6.95. The van der Waals surface area contributed by atoms with E-state index in [0.717, 1.165) is 0 Å². The molecule has 0 aromatic heterocycles. The number of para-hydroxylation sites is 1. The lowest BCUT2D eigenvalue weighted by Gasteiger charge is -2.49. The summed E-state index contributed by atoms with van der Waals surface area (Å²) in [4.78, 5) is 5.09. The van der Waals surface area contributed by atoms with Gasteiger partial charge in [-0.15, -0.1) is 0 Å². The van der Waals surface area contributed by atoms with Crippen molar-refractivity contribution in [3.8, 4) is 44.5 Å². The molecule has 3 heterocycles. The molecule has 3 aliphatic rings. The van der Waals surface area contributed by atoms with Crippen LogP contribution in [0.5, 0.6) is 0 Å². The van der Waals surface area contributed by atoms with E-state index < -0.39 is 0 Å². The van der Waals surface area contributed by atoms with Crippen molar-refractivity contribution in [3.05, 3.63) is 163 Å². The minimum absolute atomic E-state index is 0.110. The minimum Gasteiger partial charge on any atom is -0.376 e. The van der Waals surface area contributed by atoms with Crippen molar-refractivity contribution in [2.24, 2.45) is 0 Å². The van der Waals surface area contributed by atoms with Crippen molar-refractivity contribution < 1.29 is 0 Å². The summed E-state index contributed by atoms with van der Waals surface area (Å²) in [7, 11) is 0. The number of nitrogens with zero attached hydrogens (tertiary/aromatic N) is 2. The average Bonchev–Trinajstić information content (AvgIpc) is 3.12. The van der Waals surface area contributed by atoms with Crippen molar-refractivity contribution in [1.29, 1.82) is 0 Å². The van der Waals surface area contributed by atoms with Gasteiger partial charge in [0.05, 0.1) is 0 Å². The molecule has 7 aromatic carbocycles. The van der Waals surface area contributed by atoms with Crippen molar-refractivity contribution in [2.75, 3.05) is 9.71 Å².